The van der Waals surface area contributed by atoms with Gasteiger partial charge in [-0.05, 0) is 50.0 Å². The maximum Gasteiger partial charge on any atom is 0.186 e. The lowest BCUT2D eigenvalue weighted by atomic mass is 9.48. The van der Waals surface area contributed by atoms with E-state index in [4.69, 9.17) is 9.47 Å². The molecule has 8 nitrogen and oxygen atoms in total. The van der Waals surface area contributed by atoms with Crippen LogP contribution in [0.25, 0.3) is 0 Å². The second-order valence-electron chi connectivity index (χ2n) is 10.5. The molecule has 2 aliphatic carbocycles. The number of ether oxygens (including phenoxy) is 2. The highest BCUT2D eigenvalue weighted by Gasteiger charge is 2.57. The predicted molar refractivity (Wildman–Crippen MR) is 121 cm³/mol. The Labute approximate surface area is 195 Å². The Morgan fingerprint density at radius 2 is 1.91 bits per heavy atom. The standard InChI is InChI=1S/C25H40O8/c1-15(7-10-26)5-6-17-16(12-27)11-19(33-23-21(31)20(30)18(29)13-32-23)22-24(2,14-28)8-4-9-25(17,22)3/h7,14,18-23,26-27,29-31H,4-6,8-13H2,1-3H3/b15-7-/t18-,19?,20-,21+,22?,23-,24?,25?/m0/s1. The quantitative estimate of drug-likeness (QED) is 0.265. The van der Waals surface area contributed by atoms with E-state index in [0.29, 0.717) is 6.42 Å². The van der Waals surface area contributed by atoms with Crippen LogP contribution < -0.4 is 0 Å². The number of hydrogen-bond acceptors (Lipinski definition) is 8. The summed E-state index contributed by atoms with van der Waals surface area (Å²) in [5.74, 6) is -0.205. The van der Waals surface area contributed by atoms with Crippen LogP contribution in [0.5, 0.6) is 0 Å². The lowest BCUT2D eigenvalue weighted by molar-refractivity contribution is -0.295. The molecule has 33 heavy (non-hydrogen) atoms. The van der Waals surface area contributed by atoms with Crippen molar-refractivity contribution in [2.24, 2.45) is 16.7 Å². The van der Waals surface area contributed by atoms with E-state index in [1.165, 1.54) is 0 Å². The first-order valence-corrected chi connectivity index (χ1v) is 12.0. The smallest absolute Gasteiger partial charge is 0.186 e. The van der Waals surface area contributed by atoms with E-state index in [-0.39, 0.29) is 25.7 Å². The van der Waals surface area contributed by atoms with E-state index in [9.17, 15) is 30.3 Å². The minimum atomic E-state index is -1.42. The molecule has 1 aliphatic heterocycles. The molecule has 188 valence electrons. The van der Waals surface area contributed by atoms with Gasteiger partial charge in [-0.2, -0.15) is 0 Å². The second kappa shape index (κ2) is 10.6. The fraction of sp³-hybridized carbons (Fsp3) is 0.800. The third-order valence-electron chi connectivity index (χ3n) is 8.18. The van der Waals surface area contributed by atoms with Crippen LogP contribution in [0.2, 0.25) is 0 Å². The molecule has 0 aromatic rings. The molecule has 8 atom stereocenters. The molecule has 0 spiro atoms. The summed E-state index contributed by atoms with van der Waals surface area (Å²) in [5.41, 5.74) is 2.04. The number of allylic oxidation sites excluding steroid dienone is 2. The molecule has 1 saturated carbocycles. The molecule has 3 aliphatic rings. The van der Waals surface area contributed by atoms with E-state index < -0.39 is 41.5 Å². The van der Waals surface area contributed by atoms with Crippen LogP contribution in [0.3, 0.4) is 0 Å². The van der Waals surface area contributed by atoms with Crippen LogP contribution in [0, 0.1) is 16.7 Å². The Morgan fingerprint density at radius 1 is 1.18 bits per heavy atom. The van der Waals surface area contributed by atoms with Crippen LogP contribution in [0.1, 0.15) is 59.3 Å². The van der Waals surface area contributed by atoms with Gasteiger partial charge in [0.2, 0.25) is 0 Å². The molecule has 1 saturated heterocycles. The zero-order valence-electron chi connectivity index (χ0n) is 19.9. The van der Waals surface area contributed by atoms with E-state index in [1.807, 2.05) is 13.8 Å². The number of aliphatic hydroxyl groups excluding tert-OH is 5. The van der Waals surface area contributed by atoms with Crippen LogP contribution in [-0.4, -0.2) is 82.3 Å². The molecule has 1 heterocycles. The summed E-state index contributed by atoms with van der Waals surface area (Å²) >= 11 is 0. The van der Waals surface area contributed by atoms with Crippen LogP contribution >= 0.6 is 0 Å². The van der Waals surface area contributed by atoms with Crippen molar-refractivity contribution in [3.8, 4) is 0 Å². The maximum absolute atomic E-state index is 12.4. The van der Waals surface area contributed by atoms with Crippen molar-refractivity contribution in [3.63, 3.8) is 0 Å². The van der Waals surface area contributed by atoms with Gasteiger partial charge in [-0.25, -0.2) is 0 Å². The molecule has 0 aromatic heterocycles. The predicted octanol–water partition coefficient (Wildman–Crippen LogP) is 1.23. The molecule has 0 bridgehead atoms. The first-order chi connectivity index (χ1) is 15.6. The van der Waals surface area contributed by atoms with Crippen molar-refractivity contribution in [3.05, 3.63) is 22.8 Å². The van der Waals surface area contributed by atoms with E-state index in [0.717, 1.165) is 55.1 Å². The molecular weight excluding hydrogens is 428 g/mol. The summed E-state index contributed by atoms with van der Waals surface area (Å²) in [6.45, 7) is 5.76. The van der Waals surface area contributed by atoms with Crippen molar-refractivity contribution in [2.75, 3.05) is 19.8 Å². The number of aliphatic hydroxyl groups is 5. The van der Waals surface area contributed by atoms with Crippen molar-refractivity contribution < 1.29 is 39.8 Å². The SMILES string of the molecule is C/C(=C/CO)CCC1=C(CO)CC(O[C@@H]2OC[C@H](O)[C@H](O)[C@H]2O)C2C(C)(C=O)CCCC12C. The topological polar surface area (TPSA) is 137 Å². The zero-order valence-corrected chi connectivity index (χ0v) is 19.9. The number of hydrogen-bond donors (Lipinski definition) is 5. The van der Waals surface area contributed by atoms with E-state index in [2.05, 4.69) is 6.92 Å². The summed E-state index contributed by atoms with van der Waals surface area (Å²) in [7, 11) is 0. The molecular formula is C25H40O8. The summed E-state index contributed by atoms with van der Waals surface area (Å²) in [6, 6.07) is 0. The van der Waals surface area contributed by atoms with Crippen molar-refractivity contribution in [1.82, 2.24) is 0 Å². The van der Waals surface area contributed by atoms with Gasteiger partial charge < -0.3 is 39.8 Å². The molecule has 5 N–H and O–H groups in total. The minimum Gasteiger partial charge on any atom is -0.392 e. The molecule has 8 heteroatoms. The van der Waals surface area contributed by atoms with Crippen LogP contribution in [-0.2, 0) is 14.3 Å². The van der Waals surface area contributed by atoms with Gasteiger partial charge in [0, 0.05) is 11.3 Å². The van der Waals surface area contributed by atoms with E-state index in [1.54, 1.807) is 6.08 Å². The van der Waals surface area contributed by atoms with Gasteiger partial charge in [0.25, 0.3) is 0 Å². The largest absolute Gasteiger partial charge is 0.392 e. The Hall–Kier alpha value is -1.13. The number of carbonyl (C=O) groups is 1. The minimum absolute atomic E-state index is 0.0129. The number of aldehydes is 1. The molecule has 0 amide bonds. The number of rotatable bonds is 8. The zero-order chi connectivity index (χ0) is 24.4. The normalized spacial score (nSPS) is 42.2. The second-order valence-corrected chi connectivity index (χ2v) is 10.5. The van der Waals surface area contributed by atoms with E-state index >= 15 is 0 Å². The molecule has 0 radical (unpaired) electrons. The highest BCUT2D eigenvalue weighted by Crippen LogP contribution is 2.60. The Bertz CT molecular complexity index is 764. The van der Waals surface area contributed by atoms with Crippen molar-refractivity contribution in [1.29, 1.82) is 0 Å². The van der Waals surface area contributed by atoms with Gasteiger partial charge in [-0.15, -0.1) is 0 Å². The first-order valence-electron chi connectivity index (χ1n) is 12.0. The average Bonchev–Trinajstić information content (AvgIpc) is 2.78. The van der Waals surface area contributed by atoms with Crippen molar-refractivity contribution >= 4 is 6.29 Å². The number of carbonyl (C=O) groups excluding carboxylic acids is 1. The maximum atomic E-state index is 12.4. The molecule has 2 fully saturated rings. The molecule has 4 unspecified atom stereocenters. The average molecular weight is 469 g/mol. The van der Waals surface area contributed by atoms with Crippen LogP contribution in [0.4, 0.5) is 0 Å². The van der Waals surface area contributed by atoms with Gasteiger partial charge >= 0.3 is 0 Å². The number of fused-ring (bicyclic) bond motifs is 1. The van der Waals surface area contributed by atoms with Gasteiger partial charge in [0.05, 0.1) is 25.9 Å². The molecule has 3 rings (SSSR count). The fourth-order valence-electron chi connectivity index (χ4n) is 6.47. The lowest BCUT2D eigenvalue weighted by Crippen LogP contribution is -2.59. The summed E-state index contributed by atoms with van der Waals surface area (Å²) < 4.78 is 11.8. The fourth-order valence-corrected chi connectivity index (χ4v) is 6.47. The third-order valence-corrected chi connectivity index (χ3v) is 8.18. The van der Waals surface area contributed by atoms with Crippen LogP contribution in [0.15, 0.2) is 22.8 Å². The van der Waals surface area contributed by atoms with Gasteiger partial charge in [0.1, 0.15) is 24.6 Å². The Morgan fingerprint density at radius 3 is 2.55 bits per heavy atom. The van der Waals surface area contributed by atoms with Gasteiger partial charge in [-0.1, -0.05) is 37.5 Å². The van der Waals surface area contributed by atoms with Gasteiger partial charge in [0.15, 0.2) is 6.29 Å². The van der Waals surface area contributed by atoms with Crippen molar-refractivity contribution in [2.45, 2.75) is 90.0 Å². The first kappa shape index (κ1) is 26.5. The highest BCUT2D eigenvalue weighted by atomic mass is 16.7. The monoisotopic (exact) mass is 468 g/mol. The summed E-state index contributed by atoms with van der Waals surface area (Å²) in [6.07, 6.45) is 1.47. The lowest BCUT2D eigenvalue weighted by Gasteiger charge is -2.57. The summed E-state index contributed by atoms with van der Waals surface area (Å²) in [5, 5.41) is 49.8. The molecule has 0 aromatic carbocycles. The van der Waals surface area contributed by atoms with Gasteiger partial charge in [-0.3, -0.25) is 0 Å². The Kier molecular flexibility index (Phi) is 8.54. The third kappa shape index (κ3) is 5.12. The highest BCUT2D eigenvalue weighted by molar-refractivity contribution is 5.61. The summed E-state index contributed by atoms with van der Waals surface area (Å²) in [4.78, 5) is 12.4. The Balaban J connectivity index is 1.97.